The SMILES string of the molecule is CCC1(C)CC1Nc1ncc(C)cn1. The van der Waals surface area contributed by atoms with E-state index in [1.54, 1.807) is 0 Å². The fraction of sp³-hybridized carbons (Fsp3) is 0.636. The summed E-state index contributed by atoms with van der Waals surface area (Å²) in [6, 6.07) is 0.565. The molecule has 1 heterocycles. The number of rotatable bonds is 3. The number of hydrogen-bond acceptors (Lipinski definition) is 3. The van der Waals surface area contributed by atoms with Crippen LogP contribution in [0, 0.1) is 12.3 Å². The molecule has 0 spiro atoms. The normalized spacial score (nSPS) is 30.1. The summed E-state index contributed by atoms with van der Waals surface area (Å²) in [6.07, 6.45) is 6.15. The van der Waals surface area contributed by atoms with Crippen LogP contribution in [0.25, 0.3) is 0 Å². The van der Waals surface area contributed by atoms with E-state index in [1.165, 1.54) is 12.8 Å². The molecule has 0 aromatic carbocycles. The lowest BCUT2D eigenvalue weighted by Crippen LogP contribution is -2.12. The van der Waals surface area contributed by atoms with Gasteiger partial charge in [0.25, 0.3) is 0 Å². The molecule has 1 aliphatic carbocycles. The van der Waals surface area contributed by atoms with Gasteiger partial charge in [-0.25, -0.2) is 9.97 Å². The zero-order valence-electron chi connectivity index (χ0n) is 9.04. The van der Waals surface area contributed by atoms with Crippen LogP contribution in [0.2, 0.25) is 0 Å². The Morgan fingerprint density at radius 3 is 2.64 bits per heavy atom. The molecule has 0 saturated heterocycles. The smallest absolute Gasteiger partial charge is 0.222 e. The van der Waals surface area contributed by atoms with Crippen LogP contribution >= 0.6 is 0 Å². The highest BCUT2D eigenvalue weighted by Gasteiger charge is 2.48. The van der Waals surface area contributed by atoms with Crippen molar-refractivity contribution in [2.45, 2.75) is 39.7 Å². The second-order valence-corrected chi connectivity index (χ2v) is 4.49. The van der Waals surface area contributed by atoms with E-state index in [-0.39, 0.29) is 0 Å². The van der Waals surface area contributed by atoms with Crippen molar-refractivity contribution in [3.8, 4) is 0 Å². The van der Waals surface area contributed by atoms with E-state index in [4.69, 9.17) is 0 Å². The van der Waals surface area contributed by atoms with Crippen molar-refractivity contribution in [3.05, 3.63) is 18.0 Å². The molecule has 0 radical (unpaired) electrons. The van der Waals surface area contributed by atoms with Gasteiger partial charge in [0, 0.05) is 18.4 Å². The number of hydrogen-bond donors (Lipinski definition) is 1. The van der Waals surface area contributed by atoms with Crippen molar-refractivity contribution in [2.75, 3.05) is 5.32 Å². The van der Waals surface area contributed by atoms with Crippen LogP contribution in [-0.2, 0) is 0 Å². The molecule has 1 aromatic rings. The second-order valence-electron chi connectivity index (χ2n) is 4.49. The van der Waals surface area contributed by atoms with Gasteiger partial charge in [-0.15, -0.1) is 0 Å². The number of aromatic nitrogens is 2. The monoisotopic (exact) mass is 191 g/mol. The molecule has 1 N–H and O–H groups in total. The van der Waals surface area contributed by atoms with E-state index in [9.17, 15) is 0 Å². The Hall–Kier alpha value is -1.12. The standard InChI is InChI=1S/C11H17N3/c1-4-11(3)5-9(11)14-10-12-6-8(2)7-13-10/h6-7,9H,4-5H2,1-3H3,(H,12,13,14). The molecular weight excluding hydrogens is 174 g/mol. The summed E-state index contributed by atoms with van der Waals surface area (Å²) < 4.78 is 0. The molecule has 1 aliphatic rings. The summed E-state index contributed by atoms with van der Waals surface area (Å²) in [5.74, 6) is 0.762. The second kappa shape index (κ2) is 3.23. The first-order valence-electron chi connectivity index (χ1n) is 5.19. The van der Waals surface area contributed by atoms with Gasteiger partial charge in [-0.1, -0.05) is 13.8 Å². The summed E-state index contributed by atoms with van der Waals surface area (Å²) in [5, 5.41) is 3.36. The van der Waals surface area contributed by atoms with Crippen LogP contribution in [0.5, 0.6) is 0 Å². The lowest BCUT2D eigenvalue weighted by molar-refractivity contribution is 0.534. The first-order chi connectivity index (χ1) is 6.64. The largest absolute Gasteiger partial charge is 0.351 e. The number of nitrogens with zero attached hydrogens (tertiary/aromatic N) is 2. The lowest BCUT2D eigenvalue weighted by Gasteiger charge is -2.08. The predicted octanol–water partition coefficient (Wildman–Crippen LogP) is 2.39. The minimum Gasteiger partial charge on any atom is -0.351 e. The molecule has 0 bridgehead atoms. The van der Waals surface area contributed by atoms with Gasteiger partial charge >= 0.3 is 0 Å². The Balaban J connectivity index is 1.97. The highest BCUT2D eigenvalue weighted by atomic mass is 15.1. The van der Waals surface area contributed by atoms with Crippen LogP contribution in [0.4, 0.5) is 5.95 Å². The van der Waals surface area contributed by atoms with Gasteiger partial charge in [-0.3, -0.25) is 0 Å². The minimum absolute atomic E-state index is 0.467. The van der Waals surface area contributed by atoms with Crippen LogP contribution in [0.15, 0.2) is 12.4 Å². The van der Waals surface area contributed by atoms with E-state index in [0.717, 1.165) is 11.5 Å². The van der Waals surface area contributed by atoms with Gasteiger partial charge in [-0.2, -0.15) is 0 Å². The Bertz CT molecular complexity index is 320. The molecule has 0 aliphatic heterocycles. The predicted molar refractivity (Wildman–Crippen MR) is 57.2 cm³/mol. The average Bonchev–Trinajstić information content (AvgIpc) is 2.82. The third-order valence-electron chi connectivity index (χ3n) is 3.24. The van der Waals surface area contributed by atoms with Crippen LogP contribution in [0.3, 0.4) is 0 Å². The molecule has 0 amide bonds. The first-order valence-corrected chi connectivity index (χ1v) is 5.19. The molecule has 2 unspecified atom stereocenters. The summed E-state index contributed by atoms with van der Waals surface area (Å²) in [5.41, 5.74) is 1.57. The van der Waals surface area contributed by atoms with Crippen molar-refractivity contribution in [2.24, 2.45) is 5.41 Å². The third-order valence-corrected chi connectivity index (χ3v) is 3.24. The molecule has 2 atom stereocenters. The van der Waals surface area contributed by atoms with Crippen molar-refractivity contribution in [1.82, 2.24) is 9.97 Å². The fourth-order valence-corrected chi connectivity index (χ4v) is 1.65. The average molecular weight is 191 g/mol. The van der Waals surface area contributed by atoms with Crippen LogP contribution in [-0.4, -0.2) is 16.0 Å². The van der Waals surface area contributed by atoms with Gasteiger partial charge in [0.05, 0.1) is 0 Å². The molecule has 1 fully saturated rings. The number of nitrogens with one attached hydrogen (secondary N) is 1. The summed E-state index contributed by atoms with van der Waals surface area (Å²) >= 11 is 0. The van der Waals surface area contributed by atoms with E-state index in [1.807, 2.05) is 19.3 Å². The molecular formula is C11H17N3. The van der Waals surface area contributed by atoms with Gasteiger partial charge in [0.2, 0.25) is 5.95 Å². The molecule has 1 aromatic heterocycles. The van der Waals surface area contributed by atoms with E-state index in [0.29, 0.717) is 11.5 Å². The van der Waals surface area contributed by atoms with Crippen molar-refractivity contribution in [1.29, 1.82) is 0 Å². The fourth-order valence-electron chi connectivity index (χ4n) is 1.65. The van der Waals surface area contributed by atoms with Gasteiger partial charge in [0.15, 0.2) is 0 Å². The maximum Gasteiger partial charge on any atom is 0.222 e. The van der Waals surface area contributed by atoms with E-state index >= 15 is 0 Å². The maximum absolute atomic E-state index is 4.24. The quantitative estimate of drug-likeness (QED) is 0.797. The Morgan fingerprint density at radius 1 is 1.50 bits per heavy atom. The molecule has 3 nitrogen and oxygen atoms in total. The molecule has 3 heteroatoms. The highest BCUT2D eigenvalue weighted by Crippen LogP contribution is 2.49. The first kappa shape index (κ1) is 9.44. The lowest BCUT2D eigenvalue weighted by atomic mass is 10.1. The van der Waals surface area contributed by atoms with Gasteiger partial charge in [-0.05, 0) is 30.7 Å². The Labute approximate surface area is 85.0 Å². The van der Waals surface area contributed by atoms with Crippen LogP contribution < -0.4 is 5.32 Å². The summed E-state index contributed by atoms with van der Waals surface area (Å²) in [6.45, 7) is 6.54. The van der Waals surface area contributed by atoms with Gasteiger partial charge in [0.1, 0.15) is 0 Å². The molecule has 2 rings (SSSR count). The highest BCUT2D eigenvalue weighted by molar-refractivity contribution is 5.31. The van der Waals surface area contributed by atoms with Crippen molar-refractivity contribution >= 4 is 5.95 Å². The number of aryl methyl sites for hydroxylation is 1. The maximum atomic E-state index is 4.24. The van der Waals surface area contributed by atoms with Gasteiger partial charge < -0.3 is 5.32 Å². The van der Waals surface area contributed by atoms with Crippen LogP contribution in [0.1, 0.15) is 32.3 Å². The Morgan fingerprint density at radius 2 is 2.14 bits per heavy atom. The van der Waals surface area contributed by atoms with Crippen molar-refractivity contribution in [3.63, 3.8) is 0 Å². The zero-order valence-corrected chi connectivity index (χ0v) is 9.04. The summed E-state index contributed by atoms with van der Waals surface area (Å²) in [4.78, 5) is 8.47. The van der Waals surface area contributed by atoms with E-state index < -0.39 is 0 Å². The zero-order chi connectivity index (χ0) is 10.2. The third kappa shape index (κ3) is 1.72. The molecule has 76 valence electrons. The molecule has 14 heavy (non-hydrogen) atoms. The topological polar surface area (TPSA) is 37.8 Å². The summed E-state index contributed by atoms with van der Waals surface area (Å²) in [7, 11) is 0. The number of anilines is 1. The van der Waals surface area contributed by atoms with Crippen molar-refractivity contribution < 1.29 is 0 Å². The van der Waals surface area contributed by atoms with E-state index in [2.05, 4.69) is 29.1 Å². The Kier molecular flexibility index (Phi) is 2.17. The molecule has 1 saturated carbocycles. The minimum atomic E-state index is 0.467.